The van der Waals surface area contributed by atoms with Gasteiger partial charge in [0.2, 0.25) is 5.79 Å². The van der Waals surface area contributed by atoms with E-state index in [0.717, 1.165) is 25.7 Å². The van der Waals surface area contributed by atoms with Crippen molar-refractivity contribution in [1.82, 2.24) is 0 Å². The molecule has 0 unspecified atom stereocenters. The van der Waals surface area contributed by atoms with Crippen LogP contribution in [0.1, 0.15) is 32.6 Å². The van der Waals surface area contributed by atoms with Crippen LogP contribution >= 0.6 is 0 Å². The molecule has 74 valence electrons. The summed E-state index contributed by atoms with van der Waals surface area (Å²) in [5, 5.41) is 0. The number of rotatable bonds is 3. The fourth-order valence-electron chi connectivity index (χ4n) is 1.52. The molecule has 0 spiro atoms. The summed E-state index contributed by atoms with van der Waals surface area (Å²) in [6.45, 7) is 5.17. The highest BCUT2D eigenvalue weighted by molar-refractivity contribution is 5.87. The number of esters is 1. The van der Waals surface area contributed by atoms with Crippen molar-refractivity contribution in [1.29, 1.82) is 0 Å². The molecule has 0 N–H and O–H groups in total. The first-order chi connectivity index (χ1) is 6.09. The summed E-state index contributed by atoms with van der Waals surface area (Å²) in [7, 11) is 1.58. The topological polar surface area (TPSA) is 35.5 Å². The lowest BCUT2D eigenvalue weighted by Crippen LogP contribution is -2.34. The largest absolute Gasteiger partial charge is 0.430 e. The van der Waals surface area contributed by atoms with Crippen LogP contribution in [0.3, 0.4) is 0 Å². The Bertz CT molecular complexity index is 214. The van der Waals surface area contributed by atoms with E-state index < -0.39 is 5.79 Å². The Morgan fingerprint density at radius 1 is 1.38 bits per heavy atom. The van der Waals surface area contributed by atoms with Crippen LogP contribution < -0.4 is 0 Å². The van der Waals surface area contributed by atoms with E-state index in [1.54, 1.807) is 14.0 Å². The van der Waals surface area contributed by atoms with Gasteiger partial charge in [-0.05, 0) is 19.8 Å². The SMILES string of the molecule is C=C(C)C(=O)OC1(OC)CCCC1. The molecular weight excluding hydrogens is 168 g/mol. The van der Waals surface area contributed by atoms with Crippen LogP contribution in [0.5, 0.6) is 0 Å². The van der Waals surface area contributed by atoms with Crippen LogP contribution in [-0.4, -0.2) is 18.9 Å². The van der Waals surface area contributed by atoms with Crippen molar-refractivity contribution in [3.8, 4) is 0 Å². The number of hydrogen-bond donors (Lipinski definition) is 0. The van der Waals surface area contributed by atoms with Crippen molar-refractivity contribution in [3.05, 3.63) is 12.2 Å². The minimum absolute atomic E-state index is 0.358. The van der Waals surface area contributed by atoms with Crippen LogP contribution in [0.15, 0.2) is 12.2 Å². The maximum absolute atomic E-state index is 11.3. The van der Waals surface area contributed by atoms with Crippen molar-refractivity contribution in [2.45, 2.75) is 38.4 Å². The van der Waals surface area contributed by atoms with Gasteiger partial charge in [0.05, 0.1) is 0 Å². The minimum atomic E-state index is -0.671. The van der Waals surface area contributed by atoms with E-state index in [-0.39, 0.29) is 5.97 Å². The summed E-state index contributed by atoms with van der Waals surface area (Å²) in [6.07, 6.45) is 3.69. The zero-order chi connectivity index (χ0) is 9.90. The lowest BCUT2D eigenvalue weighted by Gasteiger charge is -2.27. The Balaban J connectivity index is 2.58. The molecule has 3 nitrogen and oxygen atoms in total. The van der Waals surface area contributed by atoms with Gasteiger partial charge in [-0.25, -0.2) is 4.79 Å². The summed E-state index contributed by atoms with van der Waals surface area (Å²) < 4.78 is 10.5. The van der Waals surface area contributed by atoms with Crippen LogP contribution in [-0.2, 0) is 14.3 Å². The third-order valence-electron chi connectivity index (χ3n) is 2.36. The van der Waals surface area contributed by atoms with Crippen molar-refractivity contribution in [2.24, 2.45) is 0 Å². The molecule has 0 aromatic carbocycles. The van der Waals surface area contributed by atoms with Gasteiger partial charge in [-0.1, -0.05) is 6.58 Å². The van der Waals surface area contributed by atoms with E-state index in [1.807, 2.05) is 0 Å². The predicted octanol–water partition coefficient (Wildman–Crippen LogP) is 2.02. The first kappa shape index (κ1) is 10.3. The predicted molar refractivity (Wildman–Crippen MR) is 49.1 cm³/mol. The van der Waals surface area contributed by atoms with Crippen LogP contribution in [0, 0.1) is 0 Å². The molecule has 0 aromatic rings. The van der Waals surface area contributed by atoms with E-state index >= 15 is 0 Å². The normalized spacial score (nSPS) is 19.8. The van der Waals surface area contributed by atoms with E-state index in [1.165, 1.54) is 0 Å². The first-order valence-corrected chi connectivity index (χ1v) is 4.54. The van der Waals surface area contributed by atoms with E-state index in [9.17, 15) is 4.79 Å². The molecule has 0 aromatic heterocycles. The molecule has 0 aliphatic heterocycles. The Hall–Kier alpha value is -0.830. The Kier molecular flexibility index (Phi) is 3.09. The molecule has 1 saturated carbocycles. The van der Waals surface area contributed by atoms with E-state index in [4.69, 9.17) is 9.47 Å². The van der Waals surface area contributed by atoms with Gasteiger partial charge in [-0.2, -0.15) is 0 Å². The van der Waals surface area contributed by atoms with Gasteiger partial charge in [0.15, 0.2) is 0 Å². The number of carbonyl (C=O) groups is 1. The Labute approximate surface area is 78.7 Å². The summed E-state index contributed by atoms with van der Waals surface area (Å²) in [4.78, 5) is 11.3. The summed E-state index contributed by atoms with van der Waals surface area (Å²) in [5.74, 6) is -1.03. The maximum Gasteiger partial charge on any atom is 0.335 e. The Morgan fingerprint density at radius 2 is 1.92 bits per heavy atom. The monoisotopic (exact) mass is 184 g/mol. The lowest BCUT2D eigenvalue weighted by molar-refractivity contribution is -0.214. The van der Waals surface area contributed by atoms with Crippen molar-refractivity contribution >= 4 is 5.97 Å². The van der Waals surface area contributed by atoms with Gasteiger partial charge in [-0.3, -0.25) is 0 Å². The standard InChI is InChI=1S/C10H16O3/c1-8(2)9(11)13-10(12-3)6-4-5-7-10/h1,4-7H2,2-3H3. The van der Waals surface area contributed by atoms with Gasteiger partial charge in [0.25, 0.3) is 0 Å². The second-order valence-corrected chi connectivity index (χ2v) is 3.49. The third kappa shape index (κ3) is 2.31. The quantitative estimate of drug-likeness (QED) is 0.382. The van der Waals surface area contributed by atoms with E-state index in [0.29, 0.717) is 5.57 Å². The molecule has 0 atom stereocenters. The fourth-order valence-corrected chi connectivity index (χ4v) is 1.52. The Morgan fingerprint density at radius 3 is 2.31 bits per heavy atom. The molecule has 0 bridgehead atoms. The average molecular weight is 184 g/mol. The van der Waals surface area contributed by atoms with Crippen molar-refractivity contribution in [2.75, 3.05) is 7.11 Å². The number of carbonyl (C=O) groups excluding carboxylic acids is 1. The van der Waals surface area contributed by atoms with Gasteiger partial charge in [0.1, 0.15) is 0 Å². The molecular formula is C10H16O3. The molecule has 1 rings (SSSR count). The molecule has 13 heavy (non-hydrogen) atoms. The number of hydrogen-bond acceptors (Lipinski definition) is 3. The molecule has 3 heteroatoms. The van der Waals surface area contributed by atoms with Crippen LogP contribution in [0.25, 0.3) is 0 Å². The summed E-state index contributed by atoms with van der Waals surface area (Å²) in [5.41, 5.74) is 0.420. The molecule has 0 saturated heterocycles. The molecule has 1 aliphatic carbocycles. The smallest absolute Gasteiger partial charge is 0.335 e. The van der Waals surface area contributed by atoms with Crippen molar-refractivity contribution < 1.29 is 14.3 Å². The molecule has 1 aliphatic rings. The summed E-state index contributed by atoms with van der Waals surface area (Å²) >= 11 is 0. The van der Waals surface area contributed by atoms with Gasteiger partial charge in [-0.15, -0.1) is 0 Å². The maximum atomic E-state index is 11.3. The highest BCUT2D eigenvalue weighted by atomic mass is 16.7. The highest BCUT2D eigenvalue weighted by Gasteiger charge is 2.37. The highest BCUT2D eigenvalue weighted by Crippen LogP contribution is 2.34. The average Bonchev–Trinajstić information content (AvgIpc) is 2.54. The lowest BCUT2D eigenvalue weighted by atomic mass is 10.2. The second-order valence-electron chi connectivity index (χ2n) is 3.49. The van der Waals surface area contributed by atoms with Crippen molar-refractivity contribution in [3.63, 3.8) is 0 Å². The second kappa shape index (κ2) is 3.92. The molecule has 0 radical (unpaired) electrons. The molecule has 0 amide bonds. The zero-order valence-corrected chi connectivity index (χ0v) is 8.26. The van der Waals surface area contributed by atoms with Gasteiger partial charge in [0, 0.05) is 25.5 Å². The van der Waals surface area contributed by atoms with Gasteiger partial charge >= 0.3 is 5.97 Å². The van der Waals surface area contributed by atoms with E-state index in [2.05, 4.69) is 6.58 Å². The zero-order valence-electron chi connectivity index (χ0n) is 8.26. The first-order valence-electron chi connectivity index (χ1n) is 4.54. The molecule has 1 fully saturated rings. The van der Waals surface area contributed by atoms with Crippen LogP contribution in [0.4, 0.5) is 0 Å². The summed E-state index contributed by atoms with van der Waals surface area (Å²) in [6, 6.07) is 0. The van der Waals surface area contributed by atoms with Gasteiger partial charge < -0.3 is 9.47 Å². The molecule has 0 heterocycles. The third-order valence-corrected chi connectivity index (χ3v) is 2.36. The fraction of sp³-hybridized carbons (Fsp3) is 0.700. The number of methoxy groups -OCH3 is 1. The van der Waals surface area contributed by atoms with Crippen LogP contribution in [0.2, 0.25) is 0 Å². The minimum Gasteiger partial charge on any atom is -0.430 e. The number of ether oxygens (including phenoxy) is 2.